The number of hydrogen-bond acceptors (Lipinski definition) is 7. The van der Waals surface area contributed by atoms with Crippen molar-refractivity contribution in [3.8, 4) is 17.2 Å². The fourth-order valence-corrected chi connectivity index (χ4v) is 3.80. The lowest BCUT2D eigenvalue weighted by Crippen LogP contribution is -2.32. The molecular weight excluding hydrogens is 426 g/mol. The fourth-order valence-electron chi connectivity index (χ4n) is 3.80. The number of rotatable bonds is 10. The average Bonchev–Trinajstić information content (AvgIpc) is 3.10. The van der Waals surface area contributed by atoms with E-state index in [2.05, 4.69) is 6.58 Å². The van der Waals surface area contributed by atoms with Gasteiger partial charge in [0.1, 0.15) is 35.2 Å². The van der Waals surface area contributed by atoms with Crippen LogP contribution in [0.25, 0.3) is 5.76 Å². The lowest BCUT2D eigenvalue weighted by atomic mass is 9.94. The molecule has 33 heavy (non-hydrogen) atoms. The normalized spacial score (nSPS) is 17.2. The molecule has 1 N–H and O–H groups in total. The Labute approximate surface area is 192 Å². The molecule has 0 aliphatic carbocycles. The van der Waals surface area contributed by atoms with Crippen molar-refractivity contribution in [3.05, 3.63) is 71.8 Å². The molecule has 1 aliphatic heterocycles. The van der Waals surface area contributed by atoms with Gasteiger partial charge in [0.2, 0.25) is 0 Å². The zero-order valence-electron chi connectivity index (χ0n) is 18.9. The van der Waals surface area contributed by atoms with Gasteiger partial charge in [-0.05, 0) is 29.8 Å². The van der Waals surface area contributed by atoms with E-state index < -0.39 is 17.7 Å². The second kappa shape index (κ2) is 10.7. The number of likely N-dealkylation sites (tertiary alicyclic amines) is 1. The molecule has 0 spiro atoms. The molecule has 1 unspecified atom stereocenters. The number of hydrogen-bond donors (Lipinski definition) is 1. The van der Waals surface area contributed by atoms with Gasteiger partial charge < -0.3 is 29.0 Å². The summed E-state index contributed by atoms with van der Waals surface area (Å²) in [4.78, 5) is 27.5. The van der Waals surface area contributed by atoms with Crippen molar-refractivity contribution in [2.24, 2.45) is 0 Å². The number of aliphatic hydroxyl groups excluding tert-OH is 1. The summed E-state index contributed by atoms with van der Waals surface area (Å²) in [5, 5.41) is 11.4. The first-order valence-corrected chi connectivity index (χ1v) is 10.3. The van der Waals surface area contributed by atoms with Crippen LogP contribution in [0.2, 0.25) is 0 Å². The number of benzene rings is 2. The molecule has 0 bridgehead atoms. The van der Waals surface area contributed by atoms with Crippen molar-refractivity contribution in [2.75, 3.05) is 41.1 Å². The maximum absolute atomic E-state index is 13.2. The molecule has 0 aromatic heterocycles. The van der Waals surface area contributed by atoms with Gasteiger partial charge in [-0.1, -0.05) is 30.9 Å². The highest BCUT2D eigenvalue weighted by Gasteiger charge is 2.46. The lowest BCUT2D eigenvalue weighted by Gasteiger charge is -2.25. The molecule has 1 amide bonds. The molecule has 2 aromatic carbocycles. The van der Waals surface area contributed by atoms with Crippen LogP contribution in [0.15, 0.2) is 60.7 Å². The molecule has 8 nitrogen and oxygen atoms in total. The number of ketones is 1. The monoisotopic (exact) mass is 453 g/mol. The van der Waals surface area contributed by atoms with Gasteiger partial charge in [0.05, 0.1) is 32.4 Å². The summed E-state index contributed by atoms with van der Waals surface area (Å²) >= 11 is 0. The topological polar surface area (TPSA) is 94.5 Å². The van der Waals surface area contributed by atoms with Crippen LogP contribution >= 0.6 is 0 Å². The first kappa shape index (κ1) is 23.9. The van der Waals surface area contributed by atoms with Crippen LogP contribution in [0.4, 0.5) is 0 Å². The third-order valence-electron chi connectivity index (χ3n) is 5.28. The summed E-state index contributed by atoms with van der Waals surface area (Å²) in [5.74, 6) is -0.776. The van der Waals surface area contributed by atoms with Gasteiger partial charge in [-0.15, -0.1) is 0 Å². The van der Waals surface area contributed by atoms with Gasteiger partial charge in [0, 0.05) is 13.7 Å². The highest BCUT2D eigenvalue weighted by molar-refractivity contribution is 6.46. The molecule has 1 fully saturated rings. The summed E-state index contributed by atoms with van der Waals surface area (Å²) in [6, 6.07) is 11.1. The highest BCUT2D eigenvalue weighted by Crippen LogP contribution is 2.43. The largest absolute Gasteiger partial charge is 0.506 e. The Morgan fingerprint density at radius 3 is 2.36 bits per heavy atom. The molecule has 3 rings (SSSR count). The van der Waals surface area contributed by atoms with Crippen LogP contribution in [0.5, 0.6) is 17.2 Å². The summed E-state index contributed by atoms with van der Waals surface area (Å²) in [5.41, 5.74) is 0.721. The standard InChI is InChI=1S/C25H27NO7/c1-5-13-33-17-9-6-8-16(15-17)22-21(24(28)25(29)26(22)12-14-30-2)23(27)20-18(31-3)10-7-11-19(20)32-4/h5-11,15,22,27H,1,12-14H2,2-4H3/b23-21+. The van der Waals surface area contributed by atoms with Gasteiger partial charge in [-0.25, -0.2) is 0 Å². The van der Waals surface area contributed by atoms with Crippen LogP contribution in [0.1, 0.15) is 17.2 Å². The molecule has 174 valence electrons. The van der Waals surface area contributed by atoms with Crippen LogP contribution < -0.4 is 14.2 Å². The van der Waals surface area contributed by atoms with E-state index in [1.807, 2.05) is 0 Å². The van der Waals surface area contributed by atoms with Crippen LogP contribution in [-0.2, 0) is 14.3 Å². The fraction of sp³-hybridized carbons (Fsp3) is 0.280. The van der Waals surface area contributed by atoms with Gasteiger partial charge in [-0.3, -0.25) is 9.59 Å². The first-order valence-electron chi connectivity index (χ1n) is 10.3. The van der Waals surface area contributed by atoms with E-state index in [1.54, 1.807) is 48.5 Å². The van der Waals surface area contributed by atoms with Gasteiger partial charge in [-0.2, -0.15) is 0 Å². The van der Waals surface area contributed by atoms with Crippen LogP contribution in [-0.4, -0.2) is 62.8 Å². The number of amides is 1. The molecule has 1 heterocycles. The second-order valence-corrected chi connectivity index (χ2v) is 7.19. The average molecular weight is 453 g/mol. The van der Waals surface area contributed by atoms with Gasteiger partial charge >= 0.3 is 0 Å². The third-order valence-corrected chi connectivity index (χ3v) is 5.28. The van der Waals surface area contributed by atoms with Crippen molar-refractivity contribution in [3.63, 3.8) is 0 Å². The van der Waals surface area contributed by atoms with Crippen molar-refractivity contribution < 1.29 is 33.6 Å². The van der Waals surface area contributed by atoms with E-state index in [0.717, 1.165) is 0 Å². The summed E-state index contributed by atoms with van der Waals surface area (Å²) in [6.45, 7) is 4.31. The first-order chi connectivity index (χ1) is 16.0. The highest BCUT2D eigenvalue weighted by atomic mass is 16.5. The van der Waals surface area contributed by atoms with Crippen LogP contribution in [0.3, 0.4) is 0 Å². The van der Waals surface area contributed by atoms with Crippen molar-refractivity contribution >= 4 is 17.4 Å². The molecule has 1 saturated heterocycles. The quantitative estimate of drug-likeness (QED) is 0.255. The van der Waals surface area contributed by atoms with E-state index in [1.165, 1.54) is 26.2 Å². The Balaban J connectivity index is 2.23. The molecule has 2 aromatic rings. The summed E-state index contributed by atoms with van der Waals surface area (Å²) in [7, 11) is 4.40. The number of methoxy groups -OCH3 is 3. The molecule has 0 radical (unpaired) electrons. The van der Waals surface area contributed by atoms with Crippen molar-refractivity contribution in [1.82, 2.24) is 4.90 Å². The molecule has 8 heteroatoms. The van der Waals surface area contributed by atoms with Crippen LogP contribution in [0, 0.1) is 0 Å². The Kier molecular flexibility index (Phi) is 7.74. The number of carbonyl (C=O) groups excluding carboxylic acids is 2. The minimum atomic E-state index is -0.859. The Morgan fingerprint density at radius 2 is 1.76 bits per heavy atom. The van der Waals surface area contributed by atoms with Crippen molar-refractivity contribution in [2.45, 2.75) is 6.04 Å². The van der Waals surface area contributed by atoms with Gasteiger partial charge in [0.15, 0.2) is 0 Å². The lowest BCUT2D eigenvalue weighted by molar-refractivity contribution is -0.140. The van der Waals surface area contributed by atoms with Gasteiger partial charge in [0.25, 0.3) is 11.7 Å². The number of aliphatic hydroxyl groups is 1. The zero-order chi connectivity index (χ0) is 24.0. The summed E-state index contributed by atoms with van der Waals surface area (Å²) in [6.07, 6.45) is 1.62. The predicted octanol–water partition coefficient (Wildman–Crippen LogP) is 3.34. The molecule has 1 aliphatic rings. The number of ether oxygens (including phenoxy) is 4. The van der Waals surface area contributed by atoms with E-state index in [0.29, 0.717) is 29.4 Å². The SMILES string of the molecule is C=CCOc1cccc(C2/C(=C(\O)c3c(OC)cccc3OC)C(=O)C(=O)N2CCOC)c1. The minimum Gasteiger partial charge on any atom is -0.506 e. The second-order valence-electron chi connectivity index (χ2n) is 7.19. The minimum absolute atomic E-state index is 0.0697. The third kappa shape index (κ3) is 4.70. The van der Waals surface area contributed by atoms with E-state index >= 15 is 0 Å². The maximum atomic E-state index is 13.2. The molecular formula is C25H27NO7. The Morgan fingerprint density at radius 1 is 1.09 bits per heavy atom. The number of Topliss-reactive ketones (excluding diaryl/α,β-unsaturated/α-hetero) is 1. The predicted molar refractivity (Wildman–Crippen MR) is 123 cm³/mol. The van der Waals surface area contributed by atoms with Crippen molar-refractivity contribution in [1.29, 1.82) is 0 Å². The van der Waals surface area contributed by atoms with E-state index in [9.17, 15) is 14.7 Å². The Hall–Kier alpha value is -3.78. The number of carbonyl (C=O) groups is 2. The smallest absolute Gasteiger partial charge is 0.295 e. The zero-order valence-corrected chi connectivity index (χ0v) is 18.9. The molecule has 0 saturated carbocycles. The molecule has 1 atom stereocenters. The maximum Gasteiger partial charge on any atom is 0.295 e. The van der Waals surface area contributed by atoms with E-state index in [-0.39, 0.29) is 30.0 Å². The Bertz CT molecular complexity index is 1050. The van der Waals surface area contributed by atoms with E-state index in [4.69, 9.17) is 18.9 Å². The summed E-state index contributed by atoms with van der Waals surface area (Å²) < 4.78 is 21.6. The number of nitrogens with zero attached hydrogens (tertiary/aromatic N) is 1.